The lowest BCUT2D eigenvalue weighted by molar-refractivity contribution is 0.284. The summed E-state index contributed by atoms with van der Waals surface area (Å²) in [6.45, 7) is -2.76. The molecule has 4 nitrogen and oxygen atoms in total. The van der Waals surface area contributed by atoms with Gasteiger partial charge in [-0.15, -0.1) is 0 Å². The van der Waals surface area contributed by atoms with E-state index in [9.17, 15) is 4.57 Å². The average molecular weight is 158 g/mol. The molecule has 3 N–H and O–H groups in total. The molecular weight excluding hydrogens is 151 g/mol. The van der Waals surface area contributed by atoms with Crippen LogP contribution in [-0.2, 0) is 4.57 Å². The lowest BCUT2D eigenvalue weighted by Crippen LogP contribution is -1.89. The third kappa shape index (κ3) is 6.46. The monoisotopic (exact) mass is 158 g/mol. The van der Waals surface area contributed by atoms with Crippen molar-refractivity contribution in [2.75, 3.05) is 0 Å². The van der Waals surface area contributed by atoms with E-state index >= 15 is 0 Å². The summed E-state index contributed by atoms with van der Waals surface area (Å²) in [5.74, 6) is 0. The van der Waals surface area contributed by atoms with Gasteiger partial charge < -0.3 is 14.9 Å². The molecule has 0 aromatic rings. The van der Waals surface area contributed by atoms with E-state index in [1.165, 1.54) is 6.92 Å². The zero-order valence-electron chi connectivity index (χ0n) is 4.18. The molecule has 0 aliphatic heterocycles. The van der Waals surface area contributed by atoms with Crippen LogP contribution in [-0.4, -0.2) is 20.3 Å². The van der Waals surface area contributed by atoms with E-state index in [1.807, 2.05) is 0 Å². The van der Waals surface area contributed by atoms with E-state index in [0.29, 0.717) is 0 Å². The van der Waals surface area contributed by atoms with Gasteiger partial charge in [-0.05, 0) is 18.3 Å². The first-order chi connectivity index (χ1) is 3.42. The lowest BCUT2D eigenvalue weighted by Gasteiger charge is -2.02. The van der Waals surface area contributed by atoms with Crippen LogP contribution in [0.4, 0.5) is 0 Å². The Bertz CT molecular complexity index is 107. The highest BCUT2D eigenvalue weighted by Crippen LogP contribution is 2.51. The van der Waals surface area contributed by atoms with E-state index < -0.39 is 12.2 Å². The molecular formula is C2H7O4PS. The van der Waals surface area contributed by atoms with E-state index in [-0.39, 0.29) is 11.4 Å². The van der Waals surface area contributed by atoms with Crippen LogP contribution in [0.5, 0.6) is 0 Å². The number of aliphatic hydroxyl groups is 1. The minimum Gasteiger partial charge on any atom is -0.382 e. The molecule has 0 amide bonds. The Balaban J connectivity index is 3.56. The summed E-state index contributed by atoms with van der Waals surface area (Å²) < 4.78 is 9.94. The fourth-order valence-electron chi connectivity index (χ4n) is 0.199. The van der Waals surface area contributed by atoms with Crippen molar-refractivity contribution in [2.45, 2.75) is 12.4 Å². The number of hydrogen-bond donors (Lipinski definition) is 3. The van der Waals surface area contributed by atoms with Gasteiger partial charge in [-0.25, -0.2) is 4.57 Å². The van der Waals surface area contributed by atoms with Crippen molar-refractivity contribution in [2.24, 2.45) is 0 Å². The average Bonchev–Trinajstić information content (AvgIpc) is 1.21. The molecule has 0 bridgehead atoms. The molecule has 0 fully saturated rings. The quantitative estimate of drug-likeness (QED) is 0.394. The summed E-state index contributed by atoms with van der Waals surface area (Å²) in [6, 6.07) is 0. The van der Waals surface area contributed by atoms with Crippen molar-refractivity contribution in [1.29, 1.82) is 0 Å². The Morgan fingerprint density at radius 2 is 2.00 bits per heavy atom. The molecule has 0 aromatic carbocycles. The second kappa shape index (κ2) is 2.85. The van der Waals surface area contributed by atoms with Crippen LogP contribution < -0.4 is 0 Å². The van der Waals surface area contributed by atoms with Crippen molar-refractivity contribution in [3.8, 4) is 0 Å². The highest BCUT2D eigenvalue weighted by atomic mass is 32.7. The largest absolute Gasteiger partial charge is 0.386 e. The number of rotatable bonds is 2. The molecule has 0 saturated heterocycles. The van der Waals surface area contributed by atoms with Gasteiger partial charge in [-0.2, -0.15) is 0 Å². The predicted octanol–water partition coefficient (Wildman–Crippen LogP) is 0.151. The van der Waals surface area contributed by atoms with Crippen LogP contribution >= 0.6 is 18.2 Å². The summed E-state index contributed by atoms with van der Waals surface area (Å²) >= 11 is 0.234. The van der Waals surface area contributed by atoms with Gasteiger partial charge in [-0.1, -0.05) is 0 Å². The molecule has 0 saturated carbocycles. The maximum atomic E-state index is 9.94. The molecule has 6 heteroatoms. The molecule has 1 unspecified atom stereocenters. The van der Waals surface area contributed by atoms with E-state index in [2.05, 4.69) is 0 Å². The minimum absolute atomic E-state index is 0.234. The smallest absolute Gasteiger partial charge is 0.382 e. The SMILES string of the molecule is CC(O)SP(=O)(O)O. The third-order valence-corrected chi connectivity index (χ3v) is 2.61. The zero-order valence-corrected chi connectivity index (χ0v) is 5.89. The maximum Gasteiger partial charge on any atom is 0.386 e. The van der Waals surface area contributed by atoms with Crippen molar-refractivity contribution in [3.05, 3.63) is 0 Å². The Morgan fingerprint density at radius 1 is 1.62 bits per heavy atom. The summed E-state index contributed by atoms with van der Waals surface area (Å²) in [7, 11) is 0. The Kier molecular flexibility index (Phi) is 3.01. The van der Waals surface area contributed by atoms with Gasteiger partial charge in [0, 0.05) is 0 Å². The van der Waals surface area contributed by atoms with Crippen molar-refractivity contribution in [3.63, 3.8) is 0 Å². The maximum absolute atomic E-state index is 9.94. The highest BCUT2D eigenvalue weighted by Gasteiger charge is 2.16. The predicted molar refractivity (Wildman–Crippen MR) is 31.3 cm³/mol. The molecule has 0 rings (SSSR count). The number of aliphatic hydroxyl groups excluding tert-OH is 1. The summed E-state index contributed by atoms with van der Waals surface area (Å²) in [5, 5.41) is 8.36. The normalized spacial score (nSPS) is 16.0. The lowest BCUT2D eigenvalue weighted by atomic mass is 10.9. The van der Waals surface area contributed by atoms with E-state index in [1.54, 1.807) is 0 Å². The Morgan fingerprint density at radius 3 is 2.00 bits per heavy atom. The topological polar surface area (TPSA) is 77.8 Å². The van der Waals surface area contributed by atoms with Crippen LogP contribution in [0.15, 0.2) is 0 Å². The molecule has 1 atom stereocenters. The second-order valence-corrected chi connectivity index (χ2v) is 5.13. The molecule has 0 radical (unpaired) electrons. The van der Waals surface area contributed by atoms with Crippen molar-refractivity contribution < 1.29 is 19.5 Å². The van der Waals surface area contributed by atoms with Crippen molar-refractivity contribution in [1.82, 2.24) is 0 Å². The van der Waals surface area contributed by atoms with Gasteiger partial charge in [0.15, 0.2) is 0 Å². The first-order valence-electron chi connectivity index (χ1n) is 1.84. The van der Waals surface area contributed by atoms with Gasteiger partial charge in [0.05, 0.1) is 0 Å². The summed E-state index contributed by atoms with van der Waals surface area (Å²) in [4.78, 5) is 16.2. The second-order valence-electron chi connectivity index (χ2n) is 1.20. The van der Waals surface area contributed by atoms with Crippen LogP contribution in [0.1, 0.15) is 6.92 Å². The molecule has 50 valence electrons. The van der Waals surface area contributed by atoms with Crippen LogP contribution in [0.25, 0.3) is 0 Å². The molecule has 0 aliphatic carbocycles. The molecule has 0 spiro atoms. The van der Waals surface area contributed by atoms with E-state index in [0.717, 1.165) is 0 Å². The zero-order chi connectivity index (χ0) is 6.78. The molecule has 0 aliphatic rings. The fraction of sp³-hybridized carbons (Fsp3) is 1.00. The van der Waals surface area contributed by atoms with Crippen LogP contribution in [0.3, 0.4) is 0 Å². The standard InChI is InChI=1S/C2H7O4PS/c1-2(3)8-7(4,5)6/h2-3H,1H3,(H2,4,5,6). The van der Waals surface area contributed by atoms with Gasteiger partial charge in [-0.3, -0.25) is 0 Å². The van der Waals surface area contributed by atoms with Crippen molar-refractivity contribution >= 4 is 18.2 Å². The Labute approximate surface area is 50.8 Å². The molecule has 0 heterocycles. The Hall–Kier alpha value is 0.460. The first kappa shape index (κ1) is 8.46. The summed E-state index contributed by atoms with van der Waals surface area (Å²) in [6.07, 6.45) is 0. The van der Waals surface area contributed by atoms with Gasteiger partial charge >= 0.3 is 6.80 Å². The fourth-order valence-corrected chi connectivity index (χ4v) is 1.79. The third-order valence-electron chi connectivity index (χ3n) is 0.290. The molecule has 0 aromatic heterocycles. The minimum atomic E-state index is -4.06. The van der Waals surface area contributed by atoms with Gasteiger partial charge in [0.2, 0.25) is 0 Å². The van der Waals surface area contributed by atoms with Crippen LogP contribution in [0, 0.1) is 0 Å². The summed E-state index contributed by atoms with van der Waals surface area (Å²) in [5.41, 5.74) is -1.00. The highest BCUT2D eigenvalue weighted by molar-refractivity contribution is 8.54. The van der Waals surface area contributed by atoms with Crippen LogP contribution in [0.2, 0.25) is 0 Å². The first-order valence-corrected chi connectivity index (χ1v) is 4.93. The number of hydrogen-bond acceptors (Lipinski definition) is 3. The van der Waals surface area contributed by atoms with Gasteiger partial charge in [0.25, 0.3) is 0 Å². The van der Waals surface area contributed by atoms with Gasteiger partial charge in [0.1, 0.15) is 5.44 Å². The van der Waals surface area contributed by atoms with E-state index in [4.69, 9.17) is 14.9 Å². The molecule has 8 heavy (non-hydrogen) atoms.